The minimum Gasteiger partial charge on any atom is -0.495 e. The van der Waals surface area contributed by atoms with Gasteiger partial charge in [0, 0.05) is 26.2 Å². The molecule has 7 nitrogen and oxygen atoms in total. The average molecular weight is 305 g/mol. The largest absolute Gasteiger partial charge is 0.495 e. The molecule has 0 spiro atoms. The normalized spacial score (nSPS) is 14.5. The van der Waals surface area contributed by atoms with Gasteiger partial charge >= 0.3 is 11.8 Å². The minimum atomic E-state index is -0.705. The Bertz CT molecular complexity index is 580. The van der Waals surface area contributed by atoms with Gasteiger partial charge in [-0.3, -0.25) is 14.4 Å². The third-order valence-electron chi connectivity index (χ3n) is 3.55. The number of aryl methyl sites for hydroxylation is 1. The van der Waals surface area contributed by atoms with E-state index >= 15 is 0 Å². The Hall–Kier alpha value is -2.57. The number of hydrogen-bond acceptors (Lipinski definition) is 4. The van der Waals surface area contributed by atoms with E-state index in [1.54, 1.807) is 17.0 Å². The lowest BCUT2D eigenvalue weighted by Gasteiger charge is -2.32. The highest BCUT2D eigenvalue weighted by Gasteiger charge is 2.26. The van der Waals surface area contributed by atoms with Crippen LogP contribution in [0.15, 0.2) is 18.2 Å². The molecule has 3 amide bonds. The topological polar surface area (TPSA) is 79.0 Å². The van der Waals surface area contributed by atoms with Crippen LogP contribution in [0, 0.1) is 6.92 Å². The van der Waals surface area contributed by atoms with Gasteiger partial charge in [0.2, 0.25) is 6.41 Å². The highest BCUT2D eigenvalue weighted by molar-refractivity contribution is 6.39. The molecule has 0 unspecified atom stereocenters. The van der Waals surface area contributed by atoms with Crippen molar-refractivity contribution in [2.75, 3.05) is 38.6 Å². The molecule has 0 aromatic heterocycles. The molecule has 1 saturated heterocycles. The number of amides is 3. The first kappa shape index (κ1) is 15.8. The second kappa shape index (κ2) is 6.93. The van der Waals surface area contributed by atoms with Crippen molar-refractivity contribution >= 4 is 23.9 Å². The molecular weight excluding hydrogens is 286 g/mol. The molecule has 0 radical (unpaired) electrons. The number of benzene rings is 1. The summed E-state index contributed by atoms with van der Waals surface area (Å²) in [4.78, 5) is 37.9. The van der Waals surface area contributed by atoms with E-state index < -0.39 is 11.8 Å². The van der Waals surface area contributed by atoms with E-state index in [0.29, 0.717) is 37.6 Å². The number of ether oxygens (including phenoxy) is 1. The second-order valence-electron chi connectivity index (χ2n) is 5.09. The quantitative estimate of drug-likeness (QED) is 0.641. The van der Waals surface area contributed by atoms with Crippen molar-refractivity contribution in [3.05, 3.63) is 23.8 Å². The lowest BCUT2D eigenvalue weighted by atomic mass is 10.2. The molecule has 1 fully saturated rings. The summed E-state index contributed by atoms with van der Waals surface area (Å²) in [5.41, 5.74) is 1.41. The van der Waals surface area contributed by atoms with Crippen molar-refractivity contribution in [1.82, 2.24) is 9.80 Å². The molecule has 0 aliphatic carbocycles. The predicted molar refractivity (Wildman–Crippen MR) is 80.6 cm³/mol. The molecule has 1 heterocycles. The van der Waals surface area contributed by atoms with Crippen molar-refractivity contribution in [2.45, 2.75) is 6.92 Å². The van der Waals surface area contributed by atoms with Crippen LogP contribution >= 0.6 is 0 Å². The van der Waals surface area contributed by atoms with Crippen LogP contribution in [-0.2, 0) is 14.4 Å². The standard InChI is InChI=1S/C15H19N3O4/c1-11-3-4-13(22-2)12(9-11)16-14(20)15(21)18-7-5-17(10-19)6-8-18/h3-4,9-10H,5-8H2,1-2H3,(H,16,20). The smallest absolute Gasteiger partial charge is 0.314 e. The molecule has 1 aromatic carbocycles. The Kier molecular flexibility index (Phi) is 4.98. The summed E-state index contributed by atoms with van der Waals surface area (Å²) >= 11 is 0. The van der Waals surface area contributed by atoms with E-state index in [1.165, 1.54) is 12.0 Å². The number of nitrogens with one attached hydrogen (secondary N) is 1. The van der Waals surface area contributed by atoms with Gasteiger partial charge in [-0.25, -0.2) is 0 Å². The van der Waals surface area contributed by atoms with E-state index in [-0.39, 0.29) is 0 Å². The molecule has 1 aliphatic heterocycles. The summed E-state index contributed by atoms with van der Waals surface area (Å²) in [6.45, 7) is 3.48. The molecule has 7 heteroatoms. The van der Waals surface area contributed by atoms with Crippen molar-refractivity contribution < 1.29 is 19.1 Å². The Labute approximate surface area is 128 Å². The van der Waals surface area contributed by atoms with Crippen LogP contribution in [0.5, 0.6) is 5.75 Å². The zero-order chi connectivity index (χ0) is 16.1. The summed E-state index contributed by atoms with van der Waals surface area (Å²) in [6.07, 6.45) is 0.750. The Balaban J connectivity index is 2.01. The number of hydrogen-bond donors (Lipinski definition) is 1. The number of anilines is 1. The lowest BCUT2D eigenvalue weighted by molar-refractivity contribution is -0.144. The highest BCUT2D eigenvalue weighted by atomic mass is 16.5. The van der Waals surface area contributed by atoms with Gasteiger partial charge in [-0.1, -0.05) is 6.07 Å². The van der Waals surface area contributed by atoms with Crippen molar-refractivity contribution in [1.29, 1.82) is 0 Å². The third kappa shape index (κ3) is 3.55. The van der Waals surface area contributed by atoms with E-state index in [1.807, 2.05) is 13.0 Å². The monoisotopic (exact) mass is 305 g/mol. The number of nitrogens with zero attached hydrogens (tertiary/aromatic N) is 2. The van der Waals surface area contributed by atoms with Gasteiger partial charge in [0.25, 0.3) is 0 Å². The van der Waals surface area contributed by atoms with E-state index in [4.69, 9.17) is 4.74 Å². The molecule has 2 rings (SSSR count). The van der Waals surface area contributed by atoms with E-state index in [9.17, 15) is 14.4 Å². The molecule has 0 atom stereocenters. The minimum absolute atomic E-state index is 0.357. The summed E-state index contributed by atoms with van der Waals surface area (Å²) in [7, 11) is 1.50. The van der Waals surface area contributed by atoms with Crippen molar-refractivity contribution in [3.8, 4) is 5.75 Å². The lowest BCUT2D eigenvalue weighted by Crippen LogP contribution is -2.51. The predicted octanol–water partition coefficient (Wildman–Crippen LogP) is 0.243. The fourth-order valence-corrected chi connectivity index (χ4v) is 2.27. The molecule has 1 N–H and O–H groups in total. The van der Waals surface area contributed by atoms with Crippen LogP contribution in [-0.4, -0.2) is 61.3 Å². The Morgan fingerprint density at radius 3 is 2.50 bits per heavy atom. The number of carbonyl (C=O) groups is 3. The zero-order valence-electron chi connectivity index (χ0n) is 12.7. The van der Waals surface area contributed by atoms with Crippen LogP contribution in [0.1, 0.15) is 5.56 Å². The number of methoxy groups -OCH3 is 1. The maximum absolute atomic E-state index is 12.1. The molecule has 22 heavy (non-hydrogen) atoms. The second-order valence-corrected chi connectivity index (χ2v) is 5.09. The van der Waals surface area contributed by atoms with Crippen LogP contribution < -0.4 is 10.1 Å². The van der Waals surface area contributed by atoms with Crippen molar-refractivity contribution in [2.24, 2.45) is 0 Å². The van der Waals surface area contributed by atoms with E-state index in [0.717, 1.165) is 12.0 Å². The van der Waals surface area contributed by atoms with Crippen LogP contribution in [0.25, 0.3) is 0 Å². The third-order valence-corrected chi connectivity index (χ3v) is 3.55. The van der Waals surface area contributed by atoms with Crippen LogP contribution in [0.2, 0.25) is 0 Å². The maximum Gasteiger partial charge on any atom is 0.314 e. The molecule has 1 aliphatic rings. The fraction of sp³-hybridized carbons (Fsp3) is 0.400. The highest BCUT2D eigenvalue weighted by Crippen LogP contribution is 2.25. The Morgan fingerprint density at radius 1 is 1.23 bits per heavy atom. The van der Waals surface area contributed by atoms with E-state index in [2.05, 4.69) is 5.32 Å². The fourth-order valence-electron chi connectivity index (χ4n) is 2.27. The van der Waals surface area contributed by atoms with Gasteiger partial charge in [0.05, 0.1) is 12.8 Å². The Morgan fingerprint density at radius 2 is 1.91 bits per heavy atom. The first-order chi connectivity index (χ1) is 10.5. The average Bonchev–Trinajstić information content (AvgIpc) is 2.54. The number of piperazine rings is 1. The summed E-state index contributed by atoms with van der Waals surface area (Å²) < 4.78 is 5.17. The summed E-state index contributed by atoms with van der Waals surface area (Å²) in [5, 5.41) is 2.59. The van der Waals surface area contributed by atoms with Gasteiger partial charge in [0.1, 0.15) is 5.75 Å². The summed E-state index contributed by atoms with van der Waals surface area (Å²) in [6, 6.07) is 5.33. The first-order valence-corrected chi connectivity index (χ1v) is 6.99. The number of carbonyl (C=O) groups excluding carboxylic acids is 3. The van der Waals surface area contributed by atoms with Gasteiger partial charge in [0.15, 0.2) is 0 Å². The zero-order valence-corrected chi connectivity index (χ0v) is 12.7. The summed E-state index contributed by atoms with van der Waals surface area (Å²) in [5.74, 6) is -0.810. The number of rotatable bonds is 3. The molecular formula is C15H19N3O4. The molecule has 0 bridgehead atoms. The van der Waals surface area contributed by atoms with Crippen LogP contribution in [0.4, 0.5) is 5.69 Å². The van der Waals surface area contributed by atoms with Crippen LogP contribution in [0.3, 0.4) is 0 Å². The SMILES string of the molecule is COc1ccc(C)cc1NC(=O)C(=O)N1CCN(C=O)CC1. The molecule has 1 aromatic rings. The van der Waals surface area contributed by atoms with Gasteiger partial charge in [-0.05, 0) is 24.6 Å². The first-order valence-electron chi connectivity index (χ1n) is 6.99. The maximum atomic E-state index is 12.1. The van der Waals surface area contributed by atoms with Gasteiger partial charge in [-0.15, -0.1) is 0 Å². The van der Waals surface area contributed by atoms with Gasteiger partial charge < -0.3 is 19.9 Å². The molecule has 118 valence electrons. The van der Waals surface area contributed by atoms with Crippen molar-refractivity contribution in [3.63, 3.8) is 0 Å². The molecule has 0 saturated carbocycles. The van der Waals surface area contributed by atoms with Gasteiger partial charge in [-0.2, -0.15) is 0 Å².